The Bertz CT molecular complexity index is 807. The molecule has 1 heterocycles. The molecule has 5 nitrogen and oxygen atoms in total. The van der Waals surface area contributed by atoms with Crippen LogP contribution in [0.2, 0.25) is 0 Å². The lowest BCUT2D eigenvalue weighted by molar-refractivity contribution is 0.373. The molecule has 0 aliphatic carbocycles. The Labute approximate surface area is 128 Å². The number of phenolic OH excluding ortho intramolecular Hbond substituents is 2. The normalized spacial score (nSPS) is 10.6. The minimum absolute atomic E-state index is 0.104. The number of methoxy groups -OCH3 is 1. The number of nitrogens with zero attached hydrogens (tertiary/aromatic N) is 2. The first-order valence-electron chi connectivity index (χ1n) is 6.79. The molecule has 0 unspecified atom stereocenters. The van der Waals surface area contributed by atoms with Crippen molar-refractivity contribution in [3.63, 3.8) is 0 Å². The molecule has 22 heavy (non-hydrogen) atoms. The molecular formula is C17H16N2O3. The second kappa shape index (κ2) is 5.44. The average molecular weight is 296 g/mol. The van der Waals surface area contributed by atoms with Crippen molar-refractivity contribution in [1.82, 2.24) is 9.78 Å². The fourth-order valence-electron chi connectivity index (χ4n) is 2.35. The van der Waals surface area contributed by atoms with Crippen molar-refractivity contribution in [3.8, 4) is 39.8 Å². The molecule has 2 N–H and O–H groups in total. The van der Waals surface area contributed by atoms with Crippen molar-refractivity contribution in [1.29, 1.82) is 0 Å². The lowest BCUT2D eigenvalue weighted by Gasteiger charge is -2.06. The fraction of sp³-hybridized carbons (Fsp3) is 0.118. The molecule has 0 saturated carbocycles. The molecule has 0 aliphatic rings. The number of benzene rings is 2. The summed E-state index contributed by atoms with van der Waals surface area (Å²) >= 11 is 0. The second-order valence-corrected chi connectivity index (χ2v) is 4.97. The van der Waals surface area contributed by atoms with E-state index in [1.807, 2.05) is 31.3 Å². The van der Waals surface area contributed by atoms with Crippen LogP contribution in [0.4, 0.5) is 0 Å². The van der Waals surface area contributed by atoms with Crippen molar-refractivity contribution < 1.29 is 14.9 Å². The van der Waals surface area contributed by atoms with Crippen molar-refractivity contribution in [2.45, 2.75) is 0 Å². The van der Waals surface area contributed by atoms with Gasteiger partial charge in [0.05, 0.1) is 18.5 Å². The average Bonchev–Trinajstić information content (AvgIpc) is 2.90. The van der Waals surface area contributed by atoms with E-state index in [1.54, 1.807) is 28.9 Å². The molecular weight excluding hydrogens is 280 g/mol. The molecule has 0 atom stereocenters. The van der Waals surface area contributed by atoms with Gasteiger partial charge >= 0.3 is 0 Å². The molecule has 112 valence electrons. The predicted octanol–water partition coefficient (Wildman–Crippen LogP) is 3.17. The highest BCUT2D eigenvalue weighted by molar-refractivity contribution is 5.70. The van der Waals surface area contributed by atoms with Crippen molar-refractivity contribution in [3.05, 3.63) is 48.5 Å². The summed E-state index contributed by atoms with van der Waals surface area (Å²) in [6.45, 7) is 0. The minimum atomic E-state index is 0.104. The molecule has 0 saturated heterocycles. The van der Waals surface area contributed by atoms with Gasteiger partial charge in [-0.15, -0.1) is 0 Å². The summed E-state index contributed by atoms with van der Waals surface area (Å²) in [4.78, 5) is 0. The number of hydrogen-bond donors (Lipinski definition) is 2. The summed E-state index contributed by atoms with van der Waals surface area (Å²) < 4.78 is 6.92. The summed E-state index contributed by atoms with van der Waals surface area (Å²) in [5.41, 5.74) is 3.53. The van der Waals surface area contributed by atoms with E-state index < -0.39 is 0 Å². The summed E-state index contributed by atoms with van der Waals surface area (Å²) in [6.07, 6.45) is 0. The number of hydrogen-bond acceptors (Lipinski definition) is 4. The number of ether oxygens (including phenoxy) is 1. The van der Waals surface area contributed by atoms with Gasteiger partial charge in [0.2, 0.25) is 0 Å². The first kappa shape index (κ1) is 14.0. The number of phenols is 2. The van der Waals surface area contributed by atoms with Crippen LogP contribution in [0.3, 0.4) is 0 Å². The third kappa shape index (κ3) is 2.48. The van der Waals surface area contributed by atoms with Crippen LogP contribution in [-0.4, -0.2) is 27.1 Å². The second-order valence-electron chi connectivity index (χ2n) is 4.97. The molecule has 5 heteroatoms. The van der Waals surface area contributed by atoms with E-state index >= 15 is 0 Å². The van der Waals surface area contributed by atoms with Gasteiger partial charge in [-0.25, -0.2) is 0 Å². The minimum Gasteiger partial charge on any atom is -0.508 e. The smallest absolute Gasteiger partial charge is 0.161 e. The molecule has 3 aromatic rings. The van der Waals surface area contributed by atoms with Gasteiger partial charge in [-0.05, 0) is 48.5 Å². The van der Waals surface area contributed by atoms with Gasteiger partial charge in [0.1, 0.15) is 5.75 Å². The molecule has 0 amide bonds. The van der Waals surface area contributed by atoms with Crippen LogP contribution >= 0.6 is 0 Å². The van der Waals surface area contributed by atoms with Crippen molar-refractivity contribution >= 4 is 0 Å². The van der Waals surface area contributed by atoms with E-state index in [2.05, 4.69) is 5.10 Å². The number of rotatable bonds is 3. The zero-order valence-corrected chi connectivity index (χ0v) is 12.3. The summed E-state index contributed by atoms with van der Waals surface area (Å²) in [6, 6.07) is 14.0. The molecule has 0 fully saturated rings. The first-order chi connectivity index (χ1) is 10.6. The number of aromatic nitrogens is 2. The van der Waals surface area contributed by atoms with Gasteiger partial charge in [-0.1, -0.05) is 0 Å². The SMILES string of the molecule is COc1cc(-c2cc(-c3ccc(O)cc3)nn2C)ccc1O. The molecule has 3 rings (SSSR count). The first-order valence-corrected chi connectivity index (χ1v) is 6.79. The lowest BCUT2D eigenvalue weighted by atomic mass is 10.1. The van der Waals surface area contributed by atoms with Crippen LogP contribution < -0.4 is 4.74 Å². The molecule has 0 spiro atoms. The zero-order valence-electron chi connectivity index (χ0n) is 12.3. The van der Waals surface area contributed by atoms with Crippen LogP contribution in [-0.2, 0) is 7.05 Å². The van der Waals surface area contributed by atoms with E-state index in [0.717, 1.165) is 22.5 Å². The third-order valence-corrected chi connectivity index (χ3v) is 3.52. The van der Waals surface area contributed by atoms with Gasteiger partial charge in [0, 0.05) is 18.2 Å². The fourth-order valence-corrected chi connectivity index (χ4v) is 2.35. The molecule has 1 aromatic heterocycles. The Balaban J connectivity index is 2.04. The van der Waals surface area contributed by atoms with Gasteiger partial charge in [-0.3, -0.25) is 4.68 Å². The van der Waals surface area contributed by atoms with Gasteiger partial charge in [0.15, 0.2) is 11.5 Å². The molecule has 2 aromatic carbocycles. The zero-order chi connectivity index (χ0) is 15.7. The Kier molecular flexibility index (Phi) is 3.47. The maximum atomic E-state index is 9.69. The third-order valence-electron chi connectivity index (χ3n) is 3.52. The highest BCUT2D eigenvalue weighted by Gasteiger charge is 2.11. The quantitative estimate of drug-likeness (QED) is 0.779. The summed E-state index contributed by atoms with van der Waals surface area (Å²) in [7, 11) is 3.38. The summed E-state index contributed by atoms with van der Waals surface area (Å²) in [5.74, 6) is 0.750. The number of aromatic hydroxyl groups is 2. The van der Waals surface area contributed by atoms with Crippen LogP contribution in [0.15, 0.2) is 48.5 Å². The van der Waals surface area contributed by atoms with Gasteiger partial charge in [0.25, 0.3) is 0 Å². The van der Waals surface area contributed by atoms with E-state index in [1.165, 1.54) is 7.11 Å². The molecule has 0 aliphatic heterocycles. The number of aryl methyl sites for hydroxylation is 1. The molecule has 0 radical (unpaired) electrons. The topological polar surface area (TPSA) is 67.5 Å². The Morgan fingerprint density at radius 3 is 2.32 bits per heavy atom. The van der Waals surface area contributed by atoms with Crippen LogP contribution in [0, 0.1) is 0 Å². The van der Waals surface area contributed by atoms with Crippen molar-refractivity contribution in [2.24, 2.45) is 7.05 Å². The van der Waals surface area contributed by atoms with Gasteiger partial charge < -0.3 is 14.9 Å². The van der Waals surface area contributed by atoms with Gasteiger partial charge in [-0.2, -0.15) is 5.10 Å². The van der Waals surface area contributed by atoms with E-state index in [0.29, 0.717) is 5.75 Å². The predicted molar refractivity (Wildman–Crippen MR) is 84.0 cm³/mol. The Morgan fingerprint density at radius 1 is 0.955 bits per heavy atom. The Morgan fingerprint density at radius 2 is 1.64 bits per heavy atom. The summed E-state index contributed by atoms with van der Waals surface area (Å²) in [5, 5.41) is 23.5. The van der Waals surface area contributed by atoms with E-state index in [4.69, 9.17) is 4.74 Å². The maximum Gasteiger partial charge on any atom is 0.161 e. The largest absolute Gasteiger partial charge is 0.508 e. The standard InChI is InChI=1S/C17H16N2O3/c1-19-15(12-5-8-16(21)17(9-12)22-2)10-14(18-19)11-3-6-13(20)7-4-11/h3-10,20-21H,1-2H3. The van der Waals surface area contributed by atoms with Crippen LogP contribution in [0.1, 0.15) is 0 Å². The monoisotopic (exact) mass is 296 g/mol. The highest BCUT2D eigenvalue weighted by Crippen LogP contribution is 2.33. The lowest BCUT2D eigenvalue weighted by Crippen LogP contribution is -1.94. The molecule has 0 bridgehead atoms. The Hall–Kier alpha value is -2.95. The van der Waals surface area contributed by atoms with Crippen molar-refractivity contribution in [2.75, 3.05) is 7.11 Å². The maximum absolute atomic E-state index is 9.69. The van der Waals surface area contributed by atoms with Crippen LogP contribution in [0.5, 0.6) is 17.2 Å². The van der Waals surface area contributed by atoms with E-state index in [9.17, 15) is 10.2 Å². The van der Waals surface area contributed by atoms with Crippen LogP contribution in [0.25, 0.3) is 22.5 Å². The highest BCUT2D eigenvalue weighted by atomic mass is 16.5. The van der Waals surface area contributed by atoms with E-state index in [-0.39, 0.29) is 11.5 Å².